The van der Waals surface area contributed by atoms with Crippen LogP contribution in [0.5, 0.6) is 0 Å². The zero-order chi connectivity index (χ0) is 16.9. The molecule has 0 bridgehead atoms. The van der Waals surface area contributed by atoms with Crippen LogP contribution in [0.2, 0.25) is 5.02 Å². The molecule has 4 heteroatoms. The Morgan fingerprint density at radius 3 is 2.29 bits per heavy atom. The van der Waals surface area contributed by atoms with Gasteiger partial charge in [-0.05, 0) is 48.9 Å². The molecular weight excluding hydrogens is 320 g/mol. The van der Waals surface area contributed by atoms with Crippen LogP contribution in [0.15, 0.2) is 72.8 Å². The minimum Gasteiger partial charge on any atom is -0.355 e. The van der Waals surface area contributed by atoms with E-state index in [1.807, 2.05) is 73.7 Å². The number of amides is 1. The highest BCUT2D eigenvalue weighted by molar-refractivity contribution is 6.31. The van der Waals surface area contributed by atoms with Crippen molar-refractivity contribution >= 4 is 34.6 Å². The van der Waals surface area contributed by atoms with Crippen LogP contribution in [-0.4, -0.2) is 5.91 Å². The third-order valence-electron chi connectivity index (χ3n) is 3.74. The lowest BCUT2D eigenvalue weighted by atomic mass is 10.1. The van der Waals surface area contributed by atoms with Gasteiger partial charge in [-0.25, -0.2) is 0 Å². The summed E-state index contributed by atoms with van der Waals surface area (Å²) in [5, 5.41) is 6.89. The number of halogens is 1. The Labute approximate surface area is 146 Å². The molecule has 3 nitrogen and oxygen atoms in total. The standard InChI is InChI=1S/C20H17ClN2O/c1-14-17(21)11-7-13-18(14)23-19-12-6-5-10-16(19)20(24)22-15-8-3-2-4-9-15/h2-13,23H,1H3,(H,22,24). The molecule has 1 amide bonds. The van der Waals surface area contributed by atoms with Gasteiger partial charge in [-0.2, -0.15) is 0 Å². The Balaban J connectivity index is 1.88. The first-order valence-corrected chi connectivity index (χ1v) is 8.00. The molecule has 0 fully saturated rings. The highest BCUT2D eigenvalue weighted by Crippen LogP contribution is 2.28. The van der Waals surface area contributed by atoms with Crippen molar-refractivity contribution < 1.29 is 4.79 Å². The Hall–Kier alpha value is -2.78. The molecule has 0 saturated heterocycles. The Morgan fingerprint density at radius 2 is 1.50 bits per heavy atom. The van der Waals surface area contributed by atoms with E-state index < -0.39 is 0 Å². The van der Waals surface area contributed by atoms with Crippen molar-refractivity contribution in [2.24, 2.45) is 0 Å². The van der Waals surface area contributed by atoms with E-state index in [0.29, 0.717) is 10.6 Å². The van der Waals surface area contributed by atoms with Gasteiger partial charge in [0.05, 0.1) is 11.3 Å². The summed E-state index contributed by atoms with van der Waals surface area (Å²) in [6.45, 7) is 1.94. The number of hydrogen-bond acceptors (Lipinski definition) is 2. The third kappa shape index (κ3) is 3.58. The van der Waals surface area contributed by atoms with Crippen molar-refractivity contribution in [3.63, 3.8) is 0 Å². The predicted octanol–water partition coefficient (Wildman–Crippen LogP) is 5.64. The molecule has 0 spiro atoms. The van der Waals surface area contributed by atoms with Crippen LogP contribution in [-0.2, 0) is 0 Å². The summed E-state index contributed by atoms with van der Waals surface area (Å²) in [7, 11) is 0. The molecule has 0 aromatic heterocycles. The van der Waals surface area contributed by atoms with Gasteiger partial charge < -0.3 is 10.6 Å². The predicted molar refractivity (Wildman–Crippen MR) is 100 cm³/mol. The number of anilines is 3. The minimum absolute atomic E-state index is 0.163. The smallest absolute Gasteiger partial charge is 0.257 e. The lowest BCUT2D eigenvalue weighted by molar-refractivity contribution is 0.102. The Kier molecular flexibility index (Phi) is 4.82. The van der Waals surface area contributed by atoms with E-state index in [4.69, 9.17) is 11.6 Å². The summed E-state index contributed by atoms with van der Waals surface area (Å²) in [5.41, 5.74) is 3.88. The third-order valence-corrected chi connectivity index (χ3v) is 4.15. The van der Waals surface area contributed by atoms with Crippen molar-refractivity contribution in [3.05, 3.63) is 88.9 Å². The van der Waals surface area contributed by atoms with Gasteiger partial charge in [-0.15, -0.1) is 0 Å². The summed E-state index contributed by atoms with van der Waals surface area (Å²) in [6, 6.07) is 22.5. The molecule has 2 N–H and O–H groups in total. The summed E-state index contributed by atoms with van der Waals surface area (Å²) in [5.74, 6) is -0.163. The minimum atomic E-state index is -0.163. The molecular formula is C20H17ClN2O. The maximum Gasteiger partial charge on any atom is 0.257 e. The zero-order valence-electron chi connectivity index (χ0n) is 13.2. The molecule has 3 rings (SSSR count). The fraction of sp³-hybridized carbons (Fsp3) is 0.0500. The van der Waals surface area contributed by atoms with Crippen LogP contribution in [0.25, 0.3) is 0 Å². The highest BCUT2D eigenvalue weighted by atomic mass is 35.5. The molecule has 0 aliphatic carbocycles. The normalized spacial score (nSPS) is 10.2. The average Bonchev–Trinajstić information content (AvgIpc) is 2.60. The maximum absolute atomic E-state index is 12.6. The second-order valence-electron chi connectivity index (χ2n) is 5.40. The molecule has 0 radical (unpaired) electrons. The molecule has 0 aliphatic heterocycles. The lowest BCUT2D eigenvalue weighted by Crippen LogP contribution is -2.13. The maximum atomic E-state index is 12.6. The van der Waals surface area contributed by atoms with Gasteiger partial charge in [0.25, 0.3) is 5.91 Å². The first-order chi connectivity index (χ1) is 11.6. The number of carbonyl (C=O) groups excluding carboxylic acids is 1. The number of benzene rings is 3. The fourth-order valence-electron chi connectivity index (χ4n) is 2.40. The van der Waals surface area contributed by atoms with Crippen molar-refractivity contribution in [1.82, 2.24) is 0 Å². The second-order valence-corrected chi connectivity index (χ2v) is 5.81. The summed E-state index contributed by atoms with van der Waals surface area (Å²) in [4.78, 5) is 12.6. The van der Waals surface area contributed by atoms with Crippen LogP contribution >= 0.6 is 11.6 Å². The van der Waals surface area contributed by atoms with Gasteiger partial charge in [-0.1, -0.05) is 48.0 Å². The molecule has 0 unspecified atom stereocenters. The first-order valence-electron chi connectivity index (χ1n) is 7.63. The lowest BCUT2D eigenvalue weighted by Gasteiger charge is -2.14. The highest BCUT2D eigenvalue weighted by Gasteiger charge is 2.12. The van der Waals surface area contributed by atoms with E-state index in [-0.39, 0.29) is 5.91 Å². The van der Waals surface area contributed by atoms with Crippen LogP contribution in [0.3, 0.4) is 0 Å². The number of rotatable bonds is 4. The Bertz CT molecular complexity index is 863. The molecule has 3 aromatic rings. The van der Waals surface area contributed by atoms with E-state index in [2.05, 4.69) is 10.6 Å². The number of carbonyl (C=O) groups is 1. The molecule has 24 heavy (non-hydrogen) atoms. The van der Waals surface area contributed by atoms with Crippen LogP contribution < -0.4 is 10.6 Å². The summed E-state index contributed by atoms with van der Waals surface area (Å²) in [6.07, 6.45) is 0. The van der Waals surface area contributed by atoms with Crippen molar-refractivity contribution in [2.45, 2.75) is 6.92 Å². The number of hydrogen-bond donors (Lipinski definition) is 2. The van der Waals surface area contributed by atoms with Crippen LogP contribution in [0, 0.1) is 6.92 Å². The van der Waals surface area contributed by atoms with Gasteiger partial charge in [0, 0.05) is 16.4 Å². The zero-order valence-corrected chi connectivity index (χ0v) is 14.0. The van der Waals surface area contributed by atoms with E-state index in [9.17, 15) is 4.79 Å². The molecule has 0 saturated carbocycles. The Morgan fingerprint density at radius 1 is 0.833 bits per heavy atom. The fourth-order valence-corrected chi connectivity index (χ4v) is 2.57. The van der Waals surface area contributed by atoms with E-state index in [0.717, 1.165) is 22.6 Å². The van der Waals surface area contributed by atoms with Crippen LogP contribution in [0.4, 0.5) is 17.1 Å². The first kappa shape index (κ1) is 16.1. The second kappa shape index (κ2) is 7.20. The summed E-state index contributed by atoms with van der Waals surface area (Å²) >= 11 is 6.17. The molecule has 0 aliphatic rings. The van der Waals surface area contributed by atoms with Crippen molar-refractivity contribution in [2.75, 3.05) is 10.6 Å². The monoisotopic (exact) mass is 336 g/mol. The van der Waals surface area contributed by atoms with Crippen molar-refractivity contribution in [1.29, 1.82) is 0 Å². The number of nitrogens with one attached hydrogen (secondary N) is 2. The van der Waals surface area contributed by atoms with E-state index in [1.165, 1.54) is 0 Å². The molecule has 0 heterocycles. The van der Waals surface area contributed by atoms with Crippen LogP contribution in [0.1, 0.15) is 15.9 Å². The summed E-state index contributed by atoms with van der Waals surface area (Å²) < 4.78 is 0. The average molecular weight is 337 g/mol. The molecule has 3 aromatic carbocycles. The number of para-hydroxylation sites is 2. The van der Waals surface area contributed by atoms with E-state index in [1.54, 1.807) is 6.07 Å². The van der Waals surface area contributed by atoms with Gasteiger partial charge >= 0.3 is 0 Å². The quantitative estimate of drug-likeness (QED) is 0.647. The topological polar surface area (TPSA) is 41.1 Å². The largest absolute Gasteiger partial charge is 0.355 e. The SMILES string of the molecule is Cc1c(Cl)cccc1Nc1ccccc1C(=O)Nc1ccccc1. The van der Waals surface area contributed by atoms with Crippen molar-refractivity contribution in [3.8, 4) is 0 Å². The van der Waals surface area contributed by atoms with Gasteiger partial charge in [0.2, 0.25) is 0 Å². The van der Waals surface area contributed by atoms with Gasteiger partial charge in [-0.3, -0.25) is 4.79 Å². The molecule has 120 valence electrons. The van der Waals surface area contributed by atoms with Gasteiger partial charge in [0.1, 0.15) is 0 Å². The van der Waals surface area contributed by atoms with E-state index >= 15 is 0 Å². The molecule has 0 atom stereocenters. The van der Waals surface area contributed by atoms with Gasteiger partial charge in [0.15, 0.2) is 0 Å².